The van der Waals surface area contributed by atoms with E-state index in [2.05, 4.69) is 16.9 Å². The fourth-order valence-electron chi connectivity index (χ4n) is 0.281. The molecule has 0 amide bonds. The Morgan fingerprint density at radius 1 is 2.00 bits per heavy atom. The zero-order chi connectivity index (χ0) is 6.41. The summed E-state index contributed by atoms with van der Waals surface area (Å²) in [5.74, 6) is 1.14. The Hall–Kier alpha value is -0.500. The monoisotopic (exact) mass is 132 g/mol. The van der Waals surface area contributed by atoms with Crippen LogP contribution in [0.3, 0.4) is 0 Å². The highest BCUT2D eigenvalue weighted by Crippen LogP contribution is 1.76. The zero-order valence-corrected chi connectivity index (χ0v) is 5.57. The van der Waals surface area contributed by atoms with Crippen LogP contribution < -0.4 is 5.32 Å². The fraction of sp³-hybridized carbons (Fsp3) is 0.400. The summed E-state index contributed by atoms with van der Waals surface area (Å²) in [7, 11) is 1.67. The molecule has 0 saturated heterocycles. The standard InChI is InChI=1S/C5H9ClN2/c1-3-8-5(4-6)7-2/h3H,1,4H2,2H3,(H,7,8). The maximum atomic E-state index is 5.41. The molecule has 46 valence electrons. The van der Waals surface area contributed by atoms with Crippen LogP contribution in [0.5, 0.6) is 0 Å². The average Bonchev–Trinajstić information content (AvgIpc) is 1.83. The van der Waals surface area contributed by atoms with Crippen molar-refractivity contribution in [2.45, 2.75) is 0 Å². The van der Waals surface area contributed by atoms with Gasteiger partial charge in [0.05, 0.1) is 5.88 Å². The van der Waals surface area contributed by atoms with Crippen molar-refractivity contribution in [2.75, 3.05) is 12.9 Å². The van der Waals surface area contributed by atoms with E-state index < -0.39 is 0 Å². The molecule has 0 aliphatic rings. The summed E-state index contributed by atoms with van der Waals surface area (Å²) in [5.41, 5.74) is 0. The molecule has 0 unspecified atom stereocenters. The van der Waals surface area contributed by atoms with E-state index in [0.717, 1.165) is 5.84 Å². The molecule has 8 heavy (non-hydrogen) atoms. The number of halogens is 1. The molecular weight excluding hydrogens is 124 g/mol. The minimum Gasteiger partial charge on any atom is -0.350 e. The Balaban J connectivity index is 3.53. The Bertz CT molecular complexity index is 98.6. The van der Waals surface area contributed by atoms with E-state index in [1.165, 1.54) is 0 Å². The molecule has 2 nitrogen and oxygen atoms in total. The summed E-state index contributed by atoms with van der Waals surface area (Å²) >= 11 is 5.41. The Labute approximate surface area is 54.3 Å². The van der Waals surface area contributed by atoms with Crippen LogP contribution in [0.2, 0.25) is 0 Å². The lowest BCUT2D eigenvalue weighted by molar-refractivity contribution is 1.22. The third-order valence-corrected chi connectivity index (χ3v) is 0.918. The van der Waals surface area contributed by atoms with Gasteiger partial charge in [-0.25, -0.2) is 0 Å². The quantitative estimate of drug-likeness (QED) is 0.338. The van der Waals surface area contributed by atoms with Crippen molar-refractivity contribution in [3.63, 3.8) is 0 Å². The summed E-state index contributed by atoms with van der Waals surface area (Å²) in [4.78, 5) is 3.80. The number of hydrogen-bond donors (Lipinski definition) is 1. The Kier molecular flexibility index (Phi) is 4.36. The van der Waals surface area contributed by atoms with Crippen LogP contribution in [0.4, 0.5) is 0 Å². The van der Waals surface area contributed by atoms with Crippen LogP contribution in [-0.4, -0.2) is 18.8 Å². The van der Waals surface area contributed by atoms with E-state index in [1.807, 2.05) is 0 Å². The number of alkyl halides is 1. The number of hydrogen-bond acceptors (Lipinski definition) is 1. The van der Waals surface area contributed by atoms with Crippen LogP contribution >= 0.6 is 11.6 Å². The van der Waals surface area contributed by atoms with Gasteiger partial charge in [-0.05, 0) is 6.20 Å². The van der Waals surface area contributed by atoms with Gasteiger partial charge in [0.2, 0.25) is 0 Å². The van der Waals surface area contributed by atoms with Gasteiger partial charge in [-0.3, -0.25) is 4.99 Å². The van der Waals surface area contributed by atoms with Crippen molar-refractivity contribution in [1.82, 2.24) is 5.32 Å². The first-order valence-electron chi connectivity index (χ1n) is 2.24. The normalized spacial score (nSPS) is 11.0. The van der Waals surface area contributed by atoms with Crippen molar-refractivity contribution < 1.29 is 0 Å². The minimum absolute atomic E-state index is 0.405. The number of aliphatic imine (C=N–C) groups is 1. The van der Waals surface area contributed by atoms with Crippen LogP contribution in [-0.2, 0) is 0 Å². The van der Waals surface area contributed by atoms with Crippen molar-refractivity contribution in [3.8, 4) is 0 Å². The Morgan fingerprint density at radius 3 is 2.75 bits per heavy atom. The molecule has 0 aliphatic heterocycles. The molecule has 0 spiro atoms. The number of nitrogens with zero attached hydrogens (tertiary/aromatic N) is 1. The van der Waals surface area contributed by atoms with E-state index >= 15 is 0 Å². The topological polar surface area (TPSA) is 24.4 Å². The van der Waals surface area contributed by atoms with Crippen LogP contribution in [0.1, 0.15) is 0 Å². The largest absolute Gasteiger partial charge is 0.350 e. The van der Waals surface area contributed by atoms with Gasteiger partial charge < -0.3 is 5.32 Å². The lowest BCUT2D eigenvalue weighted by Gasteiger charge is -1.96. The van der Waals surface area contributed by atoms with Gasteiger partial charge >= 0.3 is 0 Å². The molecule has 0 aromatic heterocycles. The van der Waals surface area contributed by atoms with Crippen LogP contribution in [0.15, 0.2) is 17.8 Å². The zero-order valence-electron chi connectivity index (χ0n) is 4.82. The predicted molar refractivity (Wildman–Crippen MR) is 37.4 cm³/mol. The number of nitrogens with one attached hydrogen (secondary N) is 1. The van der Waals surface area contributed by atoms with Gasteiger partial charge in [0, 0.05) is 7.05 Å². The fourth-order valence-corrected chi connectivity index (χ4v) is 0.477. The SMILES string of the molecule is C=CNC(CCl)=NC. The molecule has 0 saturated carbocycles. The van der Waals surface area contributed by atoms with Gasteiger partial charge in [-0.2, -0.15) is 0 Å². The first-order chi connectivity index (χ1) is 3.85. The molecular formula is C5H9ClN2. The first kappa shape index (κ1) is 7.50. The first-order valence-corrected chi connectivity index (χ1v) is 2.77. The molecule has 3 heteroatoms. The summed E-state index contributed by atoms with van der Waals surface area (Å²) in [6, 6.07) is 0. The van der Waals surface area contributed by atoms with Crippen molar-refractivity contribution in [2.24, 2.45) is 4.99 Å². The van der Waals surface area contributed by atoms with E-state index in [4.69, 9.17) is 11.6 Å². The highest BCUT2D eigenvalue weighted by Gasteiger charge is 1.86. The number of rotatable bonds is 2. The molecule has 0 heterocycles. The average molecular weight is 133 g/mol. The molecule has 0 fully saturated rings. The number of amidine groups is 1. The van der Waals surface area contributed by atoms with E-state index in [9.17, 15) is 0 Å². The van der Waals surface area contributed by atoms with Crippen molar-refractivity contribution >= 4 is 17.4 Å². The second kappa shape index (κ2) is 4.65. The highest BCUT2D eigenvalue weighted by molar-refractivity contribution is 6.28. The maximum Gasteiger partial charge on any atom is 0.115 e. The van der Waals surface area contributed by atoms with Crippen molar-refractivity contribution in [1.29, 1.82) is 0 Å². The predicted octanol–water partition coefficient (Wildman–Crippen LogP) is 0.987. The van der Waals surface area contributed by atoms with Gasteiger partial charge in [-0.15, -0.1) is 11.6 Å². The molecule has 0 atom stereocenters. The Morgan fingerprint density at radius 2 is 2.62 bits per heavy atom. The summed E-state index contributed by atoms with van der Waals surface area (Å²) in [6.07, 6.45) is 1.55. The van der Waals surface area contributed by atoms with Crippen LogP contribution in [0, 0.1) is 0 Å². The molecule has 0 aromatic carbocycles. The molecule has 0 aliphatic carbocycles. The summed E-state index contributed by atoms with van der Waals surface area (Å²) in [5, 5.41) is 2.76. The molecule has 1 N–H and O–H groups in total. The molecule has 0 bridgehead atoms. The molecule has 0 radical (unpaired) electrons. The highest BCUT2D eigenvalue weighted by atomic mass is 35.5. The molecule has 0 aromatic rings. The van der Waals surface area contributed by atoms with E-state index in [-0.39, 0.29) is 0 Å². The second-order valence-corrected chi connectivity index (χ2v) is 1.42. The smallest absolute Gasteiger partial charge is 0.115 e. The van der Waals surface area contributed by atoms with Crippen molar-refractivity contribution in [3.05, 3.63) is 12.8 Å². The van der Waals surface area contributed by atoms with Gasteiger partial charge in [0.1, 0.15) is 5.84 Å². The van der Waals surface area contributed by atoms with Gasteiger partial charge in [-0.1, -0.05) is 6.58 Å². The maximum absolute atomic E-state index is 5.41. The minimum atomic E-state index is 0.405. The summed E-state index contributed by atoms with van der Waals surface area (Å²) in [6.45, 7) is 3.45. The third-order valence-electron chi connectivity index (χ3n) is 0.665. The lowest BCUT2D eigenvalue weighted by Crippen LogP contribution is -2.17. The third kappa shape index (κ3) is 2.64. The van der Waals surface area contributed by atoms with E-state index in [0.29, 0.717) is 5.88 Å². The summed E-state index contributed by atoms with van der Waals surface area (Å²) < 4.78 is 0. The second-order valence-electron chi connectivity index (χ2n) is 1.15. The van der Waals surface area contributed by atoms with E-state index in [1.54, 1.807) is 13.2 Å². The van der Waals surface area contributed by atoms with Gasteiger partial charge in [0.25, 0.3) is 0 Å². The van der Waals surface area contributed by atoms with Gasteiger partial charge in [0.15, 0.2) is 0 Å². The van der Waals surface area contributed by atoms with Crippen LogP contribution in [0.25, 0.3) is 0 Å². The lowest BCUT2D eigenvalue weighted by atomic mass is 10.6. The molecule has 0 rings (SSSR count).